The van der Waals surface area contributed by atoms with Crippen LogP contribution in [-0.4, -0.2) is 17.6 Å². The number of Topliss-reactive ketones (excluding diaryl/α,β-unsaturated/α-hetero) is 1. The smallest absolute Gasteiger partial charge is 0.240 e. The molecule has 2 amide bonds. The first-order valence-electron chi connectivity index (χ1n) is 8.68. The molecule has 5 nitrogen and oxygen atoms in total. The molecule has 1 fully saturated rings. The van der Waals surface area contributed by atoms with E-state index in [0.717, 1.165) is 11.1 Å². The van der Waals surface area contributed by atoms with E-state index in [1.807, 2.05) is 31.2 Å². The monoisotopic (exact) mass is 350 g/mol. The predicted octanol–water partition coefficient (Wildman–Crippen LogP) is 3.23. The van der Waals surface area contributed by atoms with Crippen LogP contribution in [0, 0.1) is 12.3 Å². The average Bonchev–Trinajstić information content (AvgIpc) is 3.43. The lowest BCUT2D eigenvalue weighted by Crippen LogP contribution is -2.39. The van der Waals surface area contributed by atoms with Gasteiger partial charge >= 0.3 is 0 Å². The molecule has 0 atom stereocenters. The van der Waals surface area contributed by atoms with Crippen LogP contribution in [0.1, 0.15) is 41.3 Å². The standard InChI is InChI=1S/C21H22N2O3/c1-14-6-3-4-7-17(14)13-22-19(25)21(10-11-21)20(26)23-18-9-5-8-16(12-18)15(2)24/h3-9,12H,10-11,13H2,1-2H3,(H,22,25)(H,23,26). The summed E-state index contributed by atoms with van der Waals surface area (Å²) in [4.78, 5) is 36.7. The third kappa shape index (κ3) is 3.67. The van der Waals surface area contributed by atoms with Crippen molar-refractivity contribution in [1.82, 2.24) is 5.32 Å². The zero-order valence-corrected chi connectivity index (χ0v) is 15.0. The third-order valence-electron chi connectivity index (χ3n) is 4.85. The van der Waals surface area contributed by atoms with Gasteiger partial charge in [-0.1, -0.05) is 36.4 Å². The fourth-order valence-electron chi connectivity index (χ4n) is 2.90. The Kier molecular flexibility index (Phi) is 4.89. The SMILES string of the molecule is CC(=O)c1cccc(NC(=O)C2(C(=O)NCc3ccccc3C)CC2)c1. The summed E-state index contributed by atoms with van der Waals surface area (Å²) in [5.74, 6) is -0.639. The minimum atomic E-state index is -1.01. The molecule has 0 unspecified atom stereocenters. The van der Waals surface area contributed by atoms with E-state index in [9.17, 15) is 14.4 Å². The maximum atomic E-state index is 12.6. The van der Waals surface area contributed by atoms with Crippen LogP contribution >= 0.6 is 0 Å². The lowest BCUT2D eigenvalue weighted by molar-refractivity contribution is -0.134. The van der Waals surface area contributed by atoms with Gasteiger partial charge in [0.1, 0.15) is 5.41 Å². The van der Waals surface area contributed by atoms with Crippen LogP contribution in [0.3, 0.4) is 0 Å². The van der Waals surface area contributed by atoms with Gasteiger partial charge < -0.3 is 10.6 Å². The summed E-state index contributed by atoms with van der Waals surface area (Å²) in [6.07, 6.45) is 1.07. The molecule has 0 spiro atoms. The summed E-state index contributed by atoms with van der Waals surface area (Å²) in [6.45, 7) is 3.87. The van der Waals surface area contributed by atoms with Gasteiger partial charge in [0, 0.05) is 17.8 Å². The van der Waals surface area contributed by atoms with E-state index in [2.05, 4.69) is 10.6 Å². The molecule has 2 aromatic rings. The minimum Gasteiger partial charge on any atom is -0.351 e. The second-order valence-electron chi connectivity index (χ2n) is 6.78. The number of carbonyl (C=O) groups is 3. The zero-order valence-electron chi connectivity index (χ0n) is 15.0. The number of amides is 2. The highest BCUT2D eigenvalue weighted by atomic mass is 16.2. The summed E-state index contributed by atoms with van der Waals surface area (Å²) < 4.78 is 0. The molecule has 26 heavy (non-hydrogen) atoms. The van der Waals surface area contributed by atoms with Crippen LogP contribution in [0.4, 0.5) is 5.69 Å². The molecule has 1 aliphatic carbocycles. The van der Waals surface area contributed by atoms with Crippen molar-refractivity contribution in [3.05, 3.63) is 65.2 Å². The summed E-state index contributed by atoms with van der Waals surface area (Å²) >= 11 is 0. The first kappa shape index (κ1) is 17.9. The number of aryl methyl sites for hydroxylation is 1. The maximum absolute atomic E-state index is 12.6. The topological polar surface area (TPSA) is 75.3 Å². The van der Waals surface area contributed by atoms with Gasteiger partial charge in [0.05, 0.1) is 0 Å². The molecule has 0 aromatic heterocycles. The number of hydrogen-bond acceptors (Lipinski definition) is 3. The van der Waals surface area contributed by atoms with Gasteiger partial charge in [0.15, 0.2) is 5.78 Å². The Morgan fingerprint density at radius 1 is 1.00 bits per heavy atom. The second kappa shape index (κ2) is 7.12. The Hall–Kier alpha value is -2.95. The van der Waals surface area contributed by atoms with E-state index in [1.54, 1.807) is 24.3 Å². The van der Waals surface area contributed by atoms with E-state index in [-0.39, 0.29) is 17.6 Å². The molecular weight excluding hydrogens is 328 g/mol. The lowest BCUT2D eigenvalue weighted by atomic mass is 10.0. The van der Waals surface area contributed by atoms with Crippen LogP contribution in [-0.2, 0) is 16.1 Å². The first-order chi connectivity index (χ1) is 12.4. The molecular formula is C21H22N2O3. The van der Waals surface area contributed by atoms with Crippen molar-refractivity contribution in [3.8, 4) is 0 Å². The maximum Gasteiger partial charge on any atom is 0.240 e. The largest absolute Gasteiger partial charge is 0.351 e. The minimum absolute atomic E-state index is 0.0711. The molecule has 5 heteroatoms. The van der Waals surface area contributed by atoms with Crippen LogP contribution < -0.4 is 10.6 Å². The molecule has 3 rings (SSSR count). The number of rotatable bonds is 6. The quantitative estimate of drug-likeness (QED) is 0.620. The number of hydrogen-bond donors (Lipinski definition) is 2. The van der Waals surface area contributed by atoms with Gasteiger partial charge in [-0.3, -0.25) is 14.4 Å². The van der Waals surface area contributed by atoms with Gasteiger partial charge in [-0.05, 0) is 49.9 Å². The van der Waals surface area contributed by atoms with Crippen molar-refractivity contribution in [2.45, 2.75) is 33.2 Å². The average molecular weight is 350 g/mol. The Morgan fingerprint density at radius 2 is 1.73 bits per heavy atom. The van der Waals surface area contributed by atoms with Crippen molar-refractivity contribution in [2.75, 3.05) is 5.32 Å². The number of benzene rings is 2. The van der Waals surface area contributed by atoms with Gasteiger partial charge in [0.25, 0.3) is 0 Å². The van der Waals surface area contributed by atoms with Crippen molar-refractivity contribution >= 4 is 23.3 Å². The highest BCUT2D eigenvalue weighted by Gasteiger charge is 2.56. The molecule has 0 heterocycles. The number of carbonyl (C=O) groups excluding carboxylic acids is 3. The van der Waals surface area contributed by atoms with Crippen LogP contribution in [0.25, 0.3) is 0 Å². The molecule has 1 aliphatic rings. The Balaban J connectivity index is 1.65. The second-order valence-corrected chi connectivity index (χ2v) is 6.78. The van der Waals surface area contributed by atoms with E-state index in [0.29, 0.717) is 30.6 Å². The van der Waals surface area contributed by atoms with Gasteiger partial charge in [-0.15, -0.1) is 0 Å². The van der Waals surface area contributed by atoms with Crippen molar-refractivity contribution < 1.29 is 14.4 Å². The molecule has 1 saturated carbocycles. The summed E-state index contributed by atoms with van der Waals surface area (Å²) in [7, 11) is 0. The number of nitrogens with one attached hydrogen (secondary N) is 2. The Morgan fingerprint density at radius 3 is 2.38 bits per heavy atom. The van der Waals surface area contributed by atoms with Gasteiger partial charge in [0.2, 0.25) is 11.8 Å². The molecule has 0 bridgehead atoms. The van der Waals surface area contributed by atoms with Gasteiger partial charge in [-0.2, -0.15) is 0 Å². The fraction of sp³-hybridized carbons (Fsp3) is 0.286. The van der Waals surface area contributed by atoms with E-state index < -0.39 is 5.41 Å². The fourth-order valence-corrected chi connectivity index (χ4v) is 2.90. The van der Waals surface area contributed by atoms with Crippen molar-refractivity contribution in [3.63, 3.8) is 0 Å². The highest BCUT2D eigenvalue weighted by molar-refractivity contribution is 6.13. The highest BCUT2D eigenvalue weighted by Crippen LogP contribution is 2.47. The number of ketones is 1. The van der Waals surface area contributed by atoms with Crippen LogP contribution in [0.2, 0.25) is 0 Å². The molecule has 2 N–H and O–H groups in total. The predicted molar refractivity (Wildman–Crippen MR) is 99.8 cm³/mol. The van der Waals surface area contributed by atoms with Crippen LogP contribution in [0.5, 0.6) is 0 Å². The summed E-state index contributed by atoms with van der Waals surface area (Å²) in [5, 5.41) is 5.66. The van der Waals surface area contributed by atoms with E-state index in [1.165, 1.54) is 6.92 Å². The molecule has 0 radical (unpaired) electrons. The van der Waals surface area contributed by atoms with Gasteiger partial charge in [-0.25, -0.2) is 0 Å². The van der Waals surface area contributed by atoms with E-state index >= 15 is 0 Å². The third-order valence-corrected chi connectivity index (χ3v) is 4.85. The summed E-state index contributed by atoms with van der Waals surface area (Å²) in [5.41, 5.74) is 2.18. The molecule has 2 aromatic carbocycles. The van der Waals surface area contributed by atoms with Crippen LogP contribution in [0.15, 0.2) is 48.5 Å². The molecule has 0 saturated heterocycles. The first-order valence-corrected chi connectivity index (χ1v) is 8.68. The zero-order chi connectivity index (χ0) is 18.7. The summed E-state index contributed by atoms with van der Waals surface area (Å²) in [6, 6.07) is 14.6. The Labute approximate surface area is 152 Å². The number of anilines is 1. The normalized spacial score (nSPS) is 14.4. The van der Waals surface area contributed by atoms with Crippen molar-refractivity contribution in [1.29, 1.82) is 0 Å². The lowest BCUT2D eigenvalue weighted by Gasteiger charge is -2.16. The van der Waals surface area contributed by atoms with Crippen molar-refractivity contribution in [2.24, 2.45) is 5.41 Å². The van der Waals surface area contributed by atoms with E-state index in [4.69, 9.17) is 0 Å². The molecule has 0 aliphatic heterocycles. The Bertz CT molecular complexity index is 869. The molecule has 134 valence electrons.